The predicted molar refractivity (Wildman–Crippen MR) is 140 cm³/mol. The van der Waals surface area contributed by atoms with Crippen molar-refractivity contribution in [3.05, 3.63) is 102 Å². The Kier molecular flexibility index (Phi) is 6.97. The second-order valence-corrected chi connectivity index (χ2v) is 9.61. The third kappa shape index (κ3) is 5.47. The monoisotopic (exact) mass is 486 g/mol. The molecule has 35 heavy (non-hydrogen) atoms. The summed E-state index contributed by atoms with van der Waals surface area (Å²) in [5.41, 5.74) is 4.61. The van der Waals surface area contributed by atoms with Gasteiger partial charge in [0.2, 0.25) is 0 Å². The highest BCUT2D eigenvalue weighted by atomic mass is 32.2. The van der Waals surface area contributed by atoms with Gasteiger partial charge in [-0.3, -0.25) is 14.7 Å². The lowest BCUT2D eigenvalue weighted by molar-refractivity contribution is 0.0628. The van der Waals surface area contributed by atoms with E-state index in [0.717, 1.165) is 45.7 Å². The maximum absolute atomic E-state index is 13.5. The largest absolute Gasteiger partial charge is 0.336 e. The summed E-state index contributed by atoms with van der Waals surface area (Å²) in [5.74, 6) is -0.159. The molecule has 7 heteroatoms. The number of pyridine rings is 1. The van der Waals surface area contributed by atoms with Gasteiger partial charge in [-0.25, -0.2) is 4.39 Å². The second-order valence-electron chi connectivity index (χ2n) is 8.76. The van der Waals surface area contributed by atoms with Crippen LogP contribution >= 0.6 is 11.9 Å². The molecule has 0 aliphatic carbocycles. The minimum atomic E-state index is -0.211. The van der Waals surface area contributed by atoms with Crippen molar-refractivity contribution in [2.45, 2.75) is 18.4 Å². The number of aromatic nitrogens is 1. The van der Waals surface area contributed by atoms with Crippen LogP contribution < -0.4 is 4.72 Å². The van der Waals surface area contributed by atoms with Gasteiger partial charge in [-0.2, -0.15) is 0 Å². The van der Waals surface area contributed by atoms with E-state index >= 15 is 0 Å². The number of para-hydroxylation sites is 1. The molecule has 0 radical (unpaired) electrons. The fourth-order valence-electron chi connectivity index (χ4n) is 4.36. The van der Waals surface area contributed by atoms with E-state index in [0.29, 0.717) is 25.2 Å². The fourth-order valence-corrected chi connectivity index (χ4v) is 5.23. The quantitative estimate of drug-likeness (QED) is 0.351. The predicted octanol–water partition coefficient (Wildman–Crippen LogP) is 5.76. The van der Waals surface area contributed by atoms with E-state index in [-0.39, 0.29) is 11.7 Å². The van der Waals surface area contributed by atoms with Gasteiger partial charge in [-0.15, -0.1) is 0 Å². The highest BCUT2D eigenvalue weighted by Crippen LogP contribution is 2.29. The van der Waals surface area contributed by atoms with Crippen LogP contribution in [0.4, 0.5) is 10.1 Å². The number of amides is 1. The Hall–Kier alpha value is -3.42. The number of hydrogen-bond acceptors (Lipinski definition) is 5. The topological polar surface area (TPSA) is 48.5 Å². The molecule has 1 saturated heterocycles. The van der Waals surface area contributed by atoms with Crippen LogP contribution in [0.15, 0.2) is 83.9 Å². The van der Waals surface area contributed by atoms with E-state index in [4.69, 9.17) is 0 Å². The molecule has 0 saturated carbocycles. The Bertz CT molecular complexity index is 1350. The van der Waals surface area contributed by atoms with Gasteiger partial charge in [0.05, 0.1) is 10.4 Å². The Balaban J connectivity index is 1.19. The molecule has 1 amide bonds. The number of aryl methyl sites for hydroxylation is 1. The van der Waals surface area contributed by atoms with Crippen LogP contribution in [0.2, 0.25) is 0 Å². The first-order valence-electron chi connectivity index (χ1n) is 11.7. The van der Waals surface area contributed by atoms with Crippen LogP contribution in [0.5, 0.6) is 0 Å². The zero-order valence-corrected chi connectivity index (χ0v) is 20.4. The molecule has 1 aliphatic rings. The first-order chi connectivity index (χ1) is 17.1. The number of fused-ring (bicyclic) bond motifs is 1. The molecule has 1 N–H and O–H groups in total. The van der Waals surface area contributed by atoms with Crippen LogP contribution in [-0.2, 0) is 6.54 Å². The summed E-state index contributed by atoms with van der Waals surface area (Å²) in [4.78, 5) is 22.8. The molecule has 0 spiro atoms. The molecule has 0 bridgehead atoms. The van der Waals surface area contributed by atoms with Crippen LogP contribution in [0, 0.1) is 12.7 Å². The van der Waals surface area contributed by atoms with Gasteiger partial charge < -0.3 is 9.62 Å². The molecule has 0 unspecified atom stereocenters. The van der Waals surface area contributed by atoms with E-state index < -0.39 is 0 Å². The van der Waals surface area contributed by atoms with E-state index in [1.165, 1.54) is 18.0 Å². The van der Waals surface area contributed by atoms with Gasteiger partial charge in [0, 0.05) is 55.6 Å². The van der Waals surface area contributed by atoms with Crippen molar-refractivity contribution in [1.82, 2.24) is 14.8 Å². The number of piperazine rings is 1. The van der Waals surface area contributed by atoms with Crippen molar-refractivity contribution in [2.75, 3.05) is 30.9 Å². The number of halogens is 1. The number of nitrogens with zero attached hydrogens (tertiary/aromatic N) is 3. The van der Waals surface area contributed by atoms with E-state index in [1.807, 2.05) is 54.3 Å². The summed E-state index contributed by atoms with van der Waals surface area (Å²) in [6, 6.07) is 22.6. The molecule has 2 heterocycles. The summed E-state index contributed by atoms with van der Waals surface area (Å²) in [7, 11) is 0. The number of benzene rings is 3. The summed E-state index contributed by atoms with van der Waals surface area (Å²) >= 11 is 1.52. The second kappa shape index (κ2) is 10.5. The summed E-state index contributed by atoms with van der Waals surface area (Å²) < 4.78 is 16.9. The van der Waals surface area contributed by atoms with Crippen molar-refractivity contribution in [2.24, 2.45) is 0 Å². The lowest BCUT2D eigenvalue weighted by Crippen LogP contribution is -2.48. The number of anilines is 1. The smallest absolute Gasteiger partial charge is 0.253 e. The molecule has 5 nitrogen and oxygen atoms in total. The van der Waals surface area contributed by atoms with Crippen molar-refractivity contribution in [1.29, 1.82) is 0 Å². The van der Waals surface area contributed by atoms with Crippen molar-refractivity contribution >= 4 is 34.4 Å². The van der Waals surface area contributed by atoms with Crippen molar-refractivity contribution < 1.29 is 9.18 Å². The Morgan fingerprint density at radius 3 is 2.60 bits per heavy atom. The van der Waals surface area contributed by atoms with Gasteiger partial charge in [-0.1, -0.05) is 30.3 Å². The highest BCUT2D eigenvalue weighted by Gasteiger charge is 2.22. The van der Waals surface area contributed by atoms with Crippen molar-refractivity contribution in [3.8, 4) is 0 Å². The summed E-state index contributed by atoms with van der Waals surface area (Å²) in [5, 5.41) is 1.10. The van der Waals surface area contributed by atoms with E-state index in [9.17, 15) is 9.18 Å². The molecular formula is C28H27FN4OS. The lowest BCUT2D eigenvalue weighted by atomic mass is 10.1. The van der Waals surface area contributed by atoms with Gasteiger partial charge in [-0.05, 0) is 72.5 Å². The molecule has 5 rings (SSSR count). The molecule has 1 aromatic heterocycles. The molecule has 4 aromatic rings. The number of hydrogen-bond donors (Lipinski definition) is 1. The third-order valence-corrected chi connectivity index (χ3v) is 7.17. The number of carbonyl (C=O) groups excluding carboxylic acids is 1. The van der Waals surface area contributed by atoms with Crippen LogP contribution in [0.1, 0.15) is 21.5 Å². The standard InChI is InChI=1S/C28H27FN4OS/c1-20-17-23(10-11-25(20)31-35-26-9-3-6-22-7-4-12-30-27(22)26)28(34)33-15-13-32(14-16-33)19-21-5-2-8-24(29)18-21/h2-12,17-18,31H,13-16,19H2,1H3. The Morgan fingerprint density at radius 1 is 1.00 bits per heavy atom. The molecule has 178 valence electrons. The Morgan fingerprint density at radius 2 is 1.80 bits per heavy atom. The van der Waals surface area contributed by atoms with Gasteiger partial charge in [0.25, 0.3) is 5.91 Å². The molecule has 0 atom stereocenters. The Labute approximate surface area is 209 Å². The summed E-state index contributed by atoms with van der Waals surface area (Å²) in [6.07, 6.45) is 1.80. The van der Waals surface area contributed by atoms with Gasteiger partial charge in [0.1, 0.15) is 5.82 Å². The van der Waals surface area contributed by atoms with E-state index in [1.54, 1.807) is 18.3 Å². The average molecular weight is 487 g/mol. The first-order valence-corrected chi connectivity index (χ1v) is 12.5. The third-order valence-electron chi connectivity index (χ3n) is 6.29. The maximum atomic E-state index is 13.5. The number of carbonyl (C=O) groups is 1. The number of rotatable bonds is 6. The maximum Gasteiger partial charge on any atom is 0.253 e. The SMILES string of the molecule is Cc1cc(C(=O)N2CCN(Cc3cccc(F)c3)CC2)ccc1NSc1cccc2cccnc12. The van der Waals surface area contributed by atoms with Crippen LogP contribution in [-0.4, -0.2) is 46.9 Å². The molecular weight excluding hydrogens is 459 g/mol. The minimum Gasteiger partial charge on any atom is -0.336 e. The molecule has 1 fully saturated rings. The van der Waals surface area contributed by atoms with Gasteiger partial charge in [0.15, 0.2) is 0 Å². The molecule has 3 aromatic carbocycles. The molecule has 1 aliphatic heterocycles. The lowest BCUT2D eigenvalue weighted by Gasteiger charge is -2.35. The van der Waals surface area contributed by atoms with E-state index in [2.05, 4.69) is 26.7 Å². The fraction of sp³-hybridized carbons (Fsp3) is 0.214. The zero-order valence-electron chi connectivity index (χ0n) is 19.6. The van der Waals surface area contributed by atoms with Crippen LogP contribution in [0.3, 0.4) is 0 Å². The summed E-state index contributed by atoms with van der Waals surface area (Å²) in [6.45, 7) is 5.59. The minimum absolute atomic E-state index is 0.0518. The average Bonchev–Trinajstić information content (AvgIpc) is 2.88. The first kappa shape index (κ1) is 23.3. The van der Waals surface area contributed by atoms with Crippen LogP contribution in [0.25, 0.3) is 10.9 Å². The highest BCUT2D eigenvalue weighted by molar-refractivity contribution is 8.00. The van der Waals surface area contributed by atoms with Crippen molar-refractivity contribution in [3.63, 3.8) is 0 Å². The zero-order chi connectivity index (χ0) is 24.2. The number of nitrogens with one attached hydrogen (secondary N) is 1. The normalized spacial score (nSPS) is 14.3. The van der Waals surface area contributed by atoms with Gasteiger partial charge >= 0.3 is 0 Å².